The second-order valence-electron chi connectivity index (χ2n) is 10.5. The smallest absolute Gasteiger partial charge is 0.456 e. The van der Waals surface area contributed by atoms with E-state index in [1.807, 2.05) is 82.3 Å². The molecule has 0 radical (unpaired) electrons. The molecule has 4 nitrogen and oxygen atoms in total. The van der Waals surface area contributed by atoms with E-state index in [-0.39, 0.29) is 5.82 Å². The van der Waals surface area contributed by atoms with Gasteiger partial charge < -0.3 is 18.1 Å². The predicted octanol–water partition coefficient (Wildman–Crippen LogP) is 7.59. The topological polar surface area (TPSA) is 44.7 Å². The van der Waals surface area contributed by atoms with Crippen molar-refractivity contribution < 1.29 is 22.5 Å². The van der Waals surface area contributed by atoms with Crippen LogP contribution in [0.15, 0.2) is 81.6 Å². The van der Waals surface area contributed by atoms with Crippen molar-refractivity contribution in [2.75, 3.05) is 0 Å². The molecule has 0 spiro atoms. The first-order chi connectivity index (χ1) is 17.2. The molecule has 0 bridgehead atoms. The van der Waals surface area contributed by atoms with Gasteiger partial charge in [0.2, 0.25) is 0 Å². The van der Waals surface area contributed by atoms with E-state index in [9.17, 15) is 0 Å². The van der Waals surface area contributed by atoms with Crippen LogP contribution in [0.3, 0.4) is 0 Å². The third kappa shape index (κ3) is 2.89. The third-order valence-electron chi connectivity index (χ3n) is 7.83. The Bertz CT molecular complexity index is 1810. The molecule has 6 aromatic rings. The first-order valence-electron chi connectivity index (χ1n) is 12.1. The number of fused-ring (bicyclic) bond motifs is 6. The number of halogens is 1. The van der Waals surface area contributed by atoms with Crippen LogP contribution in [-0.2, 0) is 9.31 Å². The Hall–Kier alpha value is -3.61. The lowest BCUT2D eigenvalue weighted by molar-refractivity contribution is 0.00578. The zero-order valence-electron chi connectivity index (χ0n) is 20.5. The first kappa shape index (κ1) is 21.7. The summed E-state index contributed by atoms with van der Waals surface area (Å²) in [4.78, 5) is 0. The average Bonchev–Trinajstić information content (AvgIpc) is 3.48. The maximum absolute atomic E-state index is 16.4. The van der Waals surface area contributed by atoms with Gasteiger partial charge in [0.05, 0.1) is 16.6 Å². The molecule has 178 valence electrons. The van der Waals surface area contributed by atoms with Gasteiger partial charge in [0, 0.05) is 21.6 Å². The summed E-state index contributed by atoms with van der Waals surface area (Å²) in [5, 5.41) is 3.17. The van der Waals surface area contributed by atoms with Crippen molar-refractivity contribution in [1.82, 2.24) is 0 Å². The van der Waals surface area contributed by atoms with Gasteiger partial charge in [-0.15, -0.1) is 0 Å². The molecule has 1 saturated heterocycles. The summed E-state index contributed by atoms with van der Waals surface area (Å²) in [6.07, 6.45) is 0. The molecule has 4 aromatic carbocycles. The molecule has 0 aliphatic carbocycles. The zero-order valence-corrected chi connectivity index (χ0v) is 20.5. The molecule has 0 atom stereocenters. The van der Waals surface area contributed by atoms with Crippen LogP contribution in [0.25, 0.3) is 55.0 Å². The Morgan fingerprint density at radius 2 is 1.14 bits per heavy atom. The summed E-state index contributed by atoms with van der Waals surface area (Å²) in [6, 6.07) is 23.3. The number of benzene rings is 4. The molecule has 0 N–H and O–H groups in total. The molecular formula is C30H24BFO4. The predicted molar refractivity (Wildman–Crippen MR) is 142 cm³/mol. The highest BCUT2D eigenvalue weighted by atomic mass is 19.1. The van der Waals surface area contributed by atoms with E-state index in [1.165, 1.54) is 0 Å². The maximum Gasteiger partial charge on any atom is 0.497 e. The minimum Gasteiger partial charge on any atom is -0.456 e. The lowest BCUT2D eigenvalue weighted by Crippen LogP contribution is -2.41. The molecule has 36 heavy (non-hydrogen) atoms. The number of furan rings is 2. The molecule has 0 amide bonds. The third-order valence-corrected chi connectivity index (χ3v) is 7.83. The van der Waals surface area contributed by atoms with Crippen molar-refractivity contribution in [3.8, 4) is 11.1 Å². The van der Waals surface area contributed by atoms with Gasteiger partial charge in [0.25, 0.3) is 0 Å². The summed E-state index contributed by atoms with van der Waals surface area (Å²) in [6.45, 7) is 7.85. The number of hydrogen-bond donors (Lipinski definition) is 0. The Morgan fingerprint density at radius 1 is 0.583 bits per heavy atom. The molecule has 0 saturated carbocycles. The standard InChI is InChI=1S/C30H24BFO4/c1-29(2)30(3,4)36-31(35-29)20-15-16-24-27(28(20)32)26-18(11-8-14-23(26)34-24)17-10-7-13-22-25(17)19-9-5-6-12-21(19)33-22/h5-16H,1-4H3. The van der Waals surface area contributed by atoms with E-state index in [0.29, 0.717) is 22.0 Å². The van der Waals surface area contributed by atoms with E-state index in [4.69, 9.17) is 18.1 Å². The second-order valence-corrected chi connectivity index (χ2v) is 10.5. The van der Waals surface area contributed by atoms with Crippen LogP contribution < -0.4 is 5.46 Å². The fraction of sp³-hybridized carbons (Fsp3) is 0.200. The highest BCUT2D eigenvalue weighted by molar-refractivity contribution is 6.62. The fourth-order valence-corrected chi connectivity index (χ4v) is 5.26. The van der Waals surface area contributed by atoms with E-state index in [0.717, 1.165) is 38.5 Å². The van der Waals surface area contributed by atoms with Crippen LogP contribution in [0.5, 0.6) is 0 Å². The van der Waals surface area contributed by atoms with Gasteiger partial charge in [0.15, 0.2) is 0 Å². The molecule has 7 rings (SSSR count). The monoisotopic (exact) mass is 478 g/mol. The minimum absolute atomic E-state index is 0.366. The Labute approximate surface area is 207 Å². The van der Waals surface area contributed by atoms with Crippen LogP contribution in [0.1, 0.15) is 27.7 Å². The fourth-order valence-electron chi connectivity index (χ4n) is 5.26. The number of para-hydroxylation sites is 1. The molecule has 1 aliphatic rings. The zero-order chi connectivity index (χ0) is 24.8. The van der Waals surface area contributed by atoms with E-state index < -0.39 is 18.3 Å². The van der Waals surface area contributed by atoms with E-state index in [2.05, 4.69) is 6.07 Å². The van der Waals surface area contributed by atoms with Crippen LogP contribution in [0.4, 0.5) is 4.39 Å². The van der Waals surface area contributed by atoms with E-state index >= 15 is 4.39 Å². The molecular weight excluding hydrogens is 454 g/mol. The minimum atomic E-state index is -0.808. The van der Waals surface area contributed by atoms with Crippen molar-refractivity contribution in [1.29, 1.82) is 0 Å². The van der Waals surface area contributed by atoms with Crippen molar-refractivity contribution in [3.63, 3.8) is 0 Å². The number of rotatable bonds is 2. The number of hydrogen-bond acceptors (Lipinski definition) is 4. The van der Waals surface area contributed by atoms with Gasteiger partial charge in [0.1, 0.15) is 28.1 Å². The molecule has 1 fully saturated rings. The summed E-state index contributed by atoms with van der Waals surface area (Å²) >= 11 is 0. The van der Waals surface area contributed by atoms with E-state index in [1.54, 1.807) is 12.1 Å². The van der Waals surface area contributed by atoms with Gasteiger partial charge in [-0.25, -0.2) is 4.39 Å². The highest BCUT2D eigenvalue weighted by Crippen LogP contribution is 2.43. The van der Waals surface area contributed by atoms with Gasteiger partial charge in [-0.1, -0.05) is 48.5 Å². The van der Waals surface area contributed by atoms with Crippen LogP contribution in [0.2, 0.25) is 0 Å². The maximum atomic E-state index is 16.4. The van der Waals surface area contributed by atoms with Gasteiger partial charge in [-0.2, -0.15) is 0 Å². The Balaban J connectivity index is 1.51. The van der Waals surface area contributed by atoms with Gasteiger partial charge >= 0.3 is 7.12 Å². The summed E-state index contributed by atoms with van der Waals surface area (Å²) in [5.74, 6) is -0.388. The van der Waals surface area contributed by atoms with Crippen molar-refractivity contribution in [2.24, 2.45) is 0 Å². The molecule has 3 heterocycles. The normalized spacial score (nSPS) is 17.2. The SMILES string of the molecule is CC1(C)OB(c2ccc3oc4cccc(-c5cccc6oc7ccccc7c56)c4c3c2F)OC1(C)C. The van der Waals surface area contributed by atoms with Crippen LogP contribution >= 0.6 is 0 Å². The van der Waals surface area contributed by atoms with Crippen molar-refractivity contribution >= 4 is 56.5 Å². The first-order valence-corrected chi connectivity index (χ1v) is 12.1. The largest absolute Gasteiger partial charge is 0.497 e. The lowest BCUT2D eigenvalue weighted by Gasteiger charge is -2.32. The van der Waals surface area contributed by atoms with Crippen LogP contribution in [-0.4, -0.2) is 18.3 Å². The summed E-state index contributed by atoms with van der Waals surface area (Å²) < 4.78 is 40.9. The Morgan fingerprint density at radius 3 is 1.86 bits per heavy atom. The highest BCUT2D eigenvalue weighted by Gasteiger charge is 2.52. The van der Waals surface area contributed by atoms with Crippen molar-refractivity contribution in [2.45, 2.75) is 38.9 Å². The summed E-state index contributed by atoms with van der Waals surface area (Å²) in [7, 11) is -0.808. The molecule has 6 heteroatoms. The summed E-state index contributed by atoms with van der Waals surface area (Å²) in [5.41, 5.74) is 3.79. The average molecular weight is 478 g/mol. The second kappa shape index (κ2) is 7.22. The molecule has 2 aromatic heterocycles. The van der Waals surface area contributed by atoms with Gasteiger partial charge in [-0.3, -0.25) is 0 Å². The van der Waals surface area contributed by atoms with Crippen LogP contribution in [0, 0.1) is 5.82 Å². The van der Waals surface area contributed by atoms with Crippen molar-refractivity contribution in [3.05, 3.63) is 78.6 Å². The Kier molecular flexibility index (Phi) is 4.34. The lowest BCUT2D eigenvalue weighted by atomic mass is 9.77. The van der Waals surface area contributed by atoms with Gasteiger partial charge in [-0.05, 0) is 63.1 Å². The molecule has 1 aliphatic heterocycles. The molecule has 0 unspecified atom stereocenters. The quantitative estimate of drug-likeness (QED) is 0.241.